The van der Waals surface area contributed by atoms with Crippen molar-refractivity contribution in [2.75, 3.05) is 0 Å². The van der Waals surface area contributed by atoms with Gasteiger partial charge in [0.05, 0.1) is 4.47 Å². The van der Waals surface area contributed by atoms with Crippen molar-refractivity contribution in [1.82, 2.24) is 14.8 Å². The summed E-state index contributed by atoms with van der Waals surface area (Å²) in [6, 6.07) is 2.00. The maximum atomic E-state index is 13.7. The summed E-state index contributed by atoms with van der Waals surface area (Å²) in [7, 11) is -2.44. The highest BCUT2D eigenvalue weighted by Crippen LogP contribution is 2.30. The molecule has 0 radical (unpaired) electrons. The third-order valence-electron chi connectivity index (χ3n) is 2.45. The number of halogens is 2. The Labute approximate surface area is 122 Å². The number of ether oxygens (including phenoxy) is 1. The second-order valence-corrected chi connectivity index (χ2v) is 6.23. The highest BCUT2D eigenvalue weighted by molar-refractivity contribution is 9.10. The number of nitrogens with zero attached hydrogens (tertiary/aromatic N) is 3. The molecule has 2 N–H and O–H groups in total. The summed E-state index contributed by atoms with van der Waals surface area (Å²) in [5.74, 6) is -0.311. The SMILES string of the molecule is Cn1ncnc1COc1cc(F)c(S(N)(=O)=O)cc1Br. The van der Waals surface area contributed by atoms with Crippen molar-refractivity contribution in [3.63, 3.8) is 0 Å². The Balaban J connectivity index is 2.26. The molecule has 0 aliphatic carbocycles. The molecule has 0 unspecified atom stereocenters. The number of benzene rings is 1. The van der Waals surface area contributed by atoms with Gasteiger partial charge in [-0.3, -0.25) is 4.68 Å². The minimum absolute atomic E-state index is 0.0588. The van der Waals surface area contributed by atoms with Crippen LogP contribution >= 0.6 is 15.9 Å². The van der Waals surface area contributed by atoms with Crippen LogP contribution < -0.4 is 9.88 Å². The monoisotopic (exact) mass is 364 g/mol. The molecule has 0 spiro atoms. The van der Waals surface area contributed by atoms with Gasteiger partial charge >= 0.3 is 0 Å². The molecule has 1 heterocycles. The Morgan fingerprint density at radius 2 is 2.20 bits per heavy atom. The Bertz CT molecular complexity index is 747. The smallest absolute Gasteiger partial charge is 0.241 e. The van der Waals surface area contributed by atoms with Gasteiger partial charge in [0, 0.05) is 13.1 Å². The van der Waals surface area contributed by atoms with Gasteiger partial charge < -0.3 is 4.74 Å². The first kappa shape index (κ1) is 14.9. The first-order chi connectivity index (χ1) is 9.29. The van der Waals surface area contributed by atoms with Gasteiger partial charge in [0.2, 0.25) is 10.0 Å². The van der Waals surface area contributed by atoms with Crippen LogP contribution in [0.5, 0.6) is 5.75 Å². The zero-order valence-corrected chi connectivity index (χ0v) is 12.6. The van der Waals surface area contributed by atoms with Gasteiger partial charge in [-0.25, -0.2) is 22.9 Å². The average molecular weight is 365 g/mol. The average Bonchev–Trinajstić information content (AvgIpc) is 2.74. The number of hydrogen-bond donors (Lipinski definition) is 1. The molecular formula is C10H10BrFN4O3S. The highest BCUT2D eigenvalue weighted by atomic mass is 79.9. The van der Waals surface area contributed by atoms with E-state index in [0.717, 1.165) is 12.1 Å². The zero-order chi connectivity index (χ0) is 14.9. The fourth-order valence-electron chi connectivity index (χ4n) is 1.43. The van der Waals surface area contributed by atoms with Crippen molar-refractivity contribution in [3.8, 4) is 5.75 Å². The van der Waals surface area contributed by atoms with Gasteiger partial charge in [0.1, 0.15) is 29.4 Å². The van der Waals surface area contributed by atoms with E-state index >= 15 is 0 Å². The molecule has 7 nitrogen and oxygen atoms in total. The summed E-state index contributed by atoms with van der Waals surface area (Å²) in [6.45, 7) is 0.0588. The van der Waals surface area contributed by atoms with Gasteiger partial charge in [-0.2, -0.15) is 5.10 Å². The van der Waals surface area contributed by atoms with Crippen LogP contribution in [0.25, 0.3) is 0 Å². The van der Waals surface area contributed by atoms with Crippen molar-refractivity contribution in [1.29, 1.82) is 0 Å². The summed E-state index contributed by atoms with van der Waals surface area (Å²) in [4.78, 5) is 3.34. The van der Waals surface area contributed by atoms with Crippen LogP contribution in [0, 0.1) is 5.82 Å². The van der Waals surface area contributed by atoms with Gasteiger partial charge in [-0.15, -0.1) is 0 Å². The molecule has 0 aliphatic heterocycles. The second kappa shape index (κ2) is 5.46. The second-order valence-electron chi connectivity index (χ2n) is 3.85. The predicted molar refractivity (Wildman–Crippen MR) is 70.8 cm³/mol. The summed E-state index contributed by atoms with van der Waals surface area (Å²) in [6.07, 6.45) is 1.36. The van der Waals surface area contributed by atoms with Crippen molar-refractivity contribution < 1.29 is 17.5 Å². The van der Waals surface area contributed by atoms with Crippen LogP contribution in [0.2, 0.25) is 0 Å². The molecule has 0 saturated carbocycles. The Morgan fingerprint density at radius 1 is 1.50 bits per heavy atom. The van der Waals surface area contributed by atoms with Crippen molar-refractivity contribution >= 4 is 26.0 Å². The lowest BCUT2D eigenvalue weighted by atomic mass is 10.3. The van der Waals surface area contributed by atoms with E-state index < -0.39 is 20.7 Å². The minimum atomic E-state index is -4.12. The van der Waals surface area contributed by atoms with Crippen LogP contribution in [0.3, 0.4) is 0 Å². The number of aromatic nitrogens is 3. The lowest BCUT2D eigenvalue weighted by Crippen LogP contribution is -2.14. The van der Waals surface area contributed by atoms with Crippen molar-refractivity contribution in [2.45, 2.75) is 11.5 Å². The van der Waals surface area contributed by atoms with Gasteiger partial charge in [0.15, 0.2) is 5.82 Å². The molecule has 1 aromatic carbocycles. The number of aryl methyl sites for hydroxylation is 1. The molecule has 1 aromatic heterocycles. The number of rotatable bonds is 4. The van der Waals surface area contributed by atoms with Crippen LogP contribution in [-0.2, 0) is 23.7 Å². The number of sulfonamides is 1. The van der Waals surface area contributed by atoms with Crippen molar-refractivity contribution in [2.24, 2.45) is 12.2 Å². The van der Waals surface area contributed by atoms with Crippen LogP contribution in [0.1, 0.15) is 5.82 Å². The van der Waals surface area contributed by atoms with Crippen LogP contribution in [-0.4, -0.2) is 23.2 Å². The van der Waals surface area contributed by atoms with Gasteiger partial charge in [-0.05, 0) is 22.0 Å². The molecular weight excluding hydrogens is 355 g/mol. The molecule has 0 aliphatic rings. The van der Waals surface area contributed by atoms with E-state index in [0.29, 0.717) is 5.82 Å². The summed E-state index contributed by atoms with van der Waals surface area (Å²) in [5.41, 5.74) is 0. The first-order valence-corrected chi connectivity index (χ1v) is 7.60. The molecule has 0 saturated heterocycles. The topological polar surface area (TPSA) is 100 Å². The fourth-order valence-corrected chi connectivity index (χ4v) is 2.65. The Kier molecular flexibility index (Phi) is 4.06. The van der Waals surface area contributed by atoms with E-state index in [9.17, 15) is 12.8 Å². The number of hydrogen-bond acceptors (Lipinski definition) is 5. The third kappa shape index (κ3) is 3.14. The molecule has 0 fully saturated rings. The van der Waals surface area contributed by atoms with Crippen LogP contribution in [0.15, 0.2) is 27.8 Å². The molecule has 2 rings (SSSR count). The number of nitrogens with two attached hydrogens (primary N) is 1. The quantitative estimate of drug-likeness (QED) is 0.869. The molecule has 20 heavy (non-hydrogen) atoms. The standard InChI is InChI=1S/C10H10BrFN4O3S/c1-16-10(14-5-15-16)4-19-8-3-7(12)9(2-6(8)11)20(13,17)18/h2-3,5H,4H2,1H3,(H2,13,17,18). The van der Waals surface area contributed by atoms with Crippen LogP contribution in [0.4, 0.5) is 4.39 Å². The van der Waals surface area contributed by atoms with E-state index in [2.05, 4.69) is 26.0 Å². The van der Waals surface area contributed by atoms with Gasteiger partial charge in [-0.1, -0.05) is 0 Å². The molecule has 0 amide bonds. The van der Waals surface area contributed by atoms with E-state index in [1.165, 1.54) is 11.0 Å². The molecule has 0 atom stereocenters. The molecule has 108 valence electrons. The lowest BCUT2D eigenvalue weighted by Gasteiger charge is -2.09. The maximum absolute atomic E-state index is 13.7. The maximum Gasteiger partial charge on any atom is 0.241 e. The first-order valence-electron chi connectivity index (χ1n) is 5.26. The van der Waals surface area contributed by atoms with Crippen molar-refractivity contribution in [3.05, 3.63) is 34.6 Å². The summed E-state index contributed by atoms with van der Waals surface area (Å²) >= 11 is 3.10. The Morgan fingerprint density at radius 3 is 2.75 bits per heavy atom. The zero-order valence-electron chi connectivity index (χ0n) is 10.2. The highest BCUT2D eigenvalue weighted by Gasteiger charge is 2.18. The van der Waals surface area contributed by atoms with Gasteiger partial charge in [0.25, 0.3) is 0 Å². The molecule has 0 bridgehead atoms. The summed E-state index contributed by atoms with van der Waals surface area (Å²) in [5, 5.41) is 8.76. The molecule has 2 aromatic rings. The minimum Gasteiger partial charge on any atom is -0.484 e. The Hall–Kier alpha value is -1.52. The van der Waals surface area contributed by atoms with E-state index in [1.54, 1.807) is 7.05 Å². The van der Waals surface area contributed by atoms with E-state index in [4.69, 9.17) is 9.88 Å². The fraction of sp³-hybridized carbons (Fsp3) is 0.200. The van der Waals surface area contributed by atoms with E-state index in [1.807, 2.05) is 0 Å². The predicted octanol–water partition coefficient (Wildman–Crippen LogP) is 0.943. The number of primary sulfonamides is 1. The lowest BCUT2D eigenvalue weighted by molar-refractivity contribution is 0.286. The summed E-state index contributed by atoms with van der Waals surface area (Å²) < 4.78 is 43.1. The normalized spacial score (nSPS) is 11.6. The third-order valence-corrected chi connectivity index (χ3v) is 4.00. The largest absolute Gasteiger partial charge is 0.484 e. The van der Waals surface area contributed by atoms with E-state index in [-0.39, 0.29) is 16.8 Å². The molecule has 10 heteroatoms.